The van der Waals surface area contributed by atoms with E-state index in [9.17, 15) is 12.8 Å². The van der Waals surface area contributed by atoms with Gasteiger partial charge in [-0.05, 0) is 44.4 Å². The van der Waals surface area contributed by atoms with Gasteiger partial charge in [-0.2, -0.15) is 0 Å². The molecule has 11 heteroatoms. The van der Waals surface area contributed by atoms with E-state index in [1.54, 1.807) is 13.1 Å². The summed E-state index contributed by atoms with van der Waals surface area (Å²) in [6.45, 7) is 6.52. The van der Waals surface area contributed by atoms with Crippen molar-refractivity contribution >= 4 is 40.0 Å². The zero-order chi connectivity index (χ0) is 22.4. The molecule has 0 radical (unpaired) electrons. The molecule has 8 nitrogen and oxygen atoms in total. The zero-order valence-electron chi connectivity index (χ0n) is 18.9. The molecular formula is C20H35FIN5O3S. The second kappa shape index (κ2) is 12.2. The number of halogens is 2. The van der Waals surface area contributed by atoms with Gasteiger partial charge < -0.3 is 15.4 Å². The Morgan fingerprint density at radius 3 is 2.48 bits per heavy atom. The second-order valence-corrected chi connectivity index (χ2v) is 10.1. The summed E-state index contributed by atoms with van der Waals surface area (Å²) in [6.07, 6.45) is 3.02. The van der Waals surface area contributed by atoms with Gasteiger partial charge >= 0.3 is 0 Å². The molecule has 0 aliphatic carbocycles. The summed E-state index contributed by atoms with van der Waals surface area (Å²) >= 11 is 0. The van der Waals surface area contributed by atoms with Crippen LogP contribution in [0, 0.1) is 5.82 Å². The molecule has 178 valence electrons. The van der Waals surface area contributed by atoms with Gasteiger partial charge in [-0.3, -0.25) is 9.89 Å². The van der Waals surface area contributed by atoms with Crippen molar-refractivity contribution < 1.29 is 17.5 Å². The highest BCUT2D eigenvalue weighted by atomic mass is 127. The Kier molecular flexibility index (Phi) is 10.9. The maximum Gasteiger partial charge on any atom is 0.209 e. The lowest BCUT2D eigenvalue weighted by Crippen LogP contribution is -2.55. The van der Waals surface area contributed by atoms with E-state index in [2.05, 4.69) is 25.2 Å². The van der Waals surface area contributed by atoms with Crippen LogP contribution in [0.1, 0.15) is 32.3 Å². The van der Waals surface area contributed by atoms with Crippen LogP contribution in [-0.2, 0) is 16.6 Å². The predicted molar refractivity (Wildman–Crippen MR) is 133 cm³/mol. The van der Waals surface area contributed by atoms with Crippen molar-refractivity contribution in [2.24, 2.45) is 4.99 Å². The van der Waals surface area contributed by atoms with Crippen molar-refractivity contribution in [1.82, 2.24) is 20.3 Å². The molecule has 0 amide bonds. The van der Waals surface area contributed by atoms with Crippen LogP contribution in [0.25, 0.3) is 0 Å². The lowest BCUT2D eigenvalue weighted by molar-refractivity contribution is 0.198. The van der Waals surface area contributed by atoms with Gasteiger partial charge in [0.15, 0.2) is 17.5 Å². The number of aliphatic imine (C=N–C) groups is 1. The first-order valence-corrected chi connectivity index (χ1v) is 11.9. The van der Waals surface area contributed by atoms with Crippen LogP contribution in [0.3, 0.4) is 0 Å². The highest BCUT2D eigenvalue weighted by molar-refractivity contribution is 14.0. The molecule has 1 saturated heterocycles. The fourth-order valence-electron chi connectivity index (χ4n) is 3.53. The Morgan fingerprint density at radius 2 is 1.97 bits per heavy atom. The first kappa shape index (κ1) is 27.9. The number of rotatable bonds is 8. The molecule has 1 aromatic rings. The van der Waals surface area contributed by atoms with Gasteiger partial charge in [-0.1, -0.05) is 6.07 Å². The molecule has 1 heterocycles. The average Bonchev–Trinajstić information content (AvgIpc) is 2.65. The summed E-state index contributed by atoms with van der Waals surface area (Å²) in [6, 6.07) is 5.35. The number of hydrogen-bond donors (Lipinski definition) is 3. The molecule has 0 atom stereocenters. The zero-order valence-corrected chi connectivity index (χ0v) is 22.0. The summed E-state index contributed by atoms with van der Waals surface area (Å²) in [5.41, 5.74) is 0.292. The lowest BCUT2D eigenvalue weighted by Gasteiger charge is -2.33. The molecule has 0 unspecified atom stereocenters. The molecule has 1 aliphatic heterocycles. The fourth-order valence-corrected chi connectivity index (χ4v) is 4.61. The van der Waals surface area contributed by atoms with Crippen LogP contribution >= 0.6 is 24.0 Å². The number of likely N-dealkylation sites (tertiary alicyclic amines) is 1. The molecule has 1 fully saturated rings. The first-order chi connectivity index (χ1) is 14.0. The molecule has 0 aromatic heterocycles. The molecule has 2 rings (SSSR count). The fraction of sp³-hybridized carbons (Fsp3) is 0.650. The number of sulfonamides is 1. The van der Waals surface area contributed by atoms with Gasteiger partial charge in [-0.25, -0.2) is 17.5 Å². The standard InChI is InChI=1S/C20H34FN5O3S.HI/c1-20(2,25-30(5,27)28)14-23-19(22-3)24-16-8-10-26(11-9-16)13-15-6-7-18(29-4)17(21)12-15;/h6-7,12,16,25H,8-11,13-14H2,1-5H3,(H2,22,23,24);1H. The van der Waals surface area contributed by atoms with Crippen LogP contribution in [0.5, 0.6) is 5.75 Å². The van der Waals surface area contributed by atoms with E-state index in [1.807, 2.05) is 19.9 Å². The number of guanidine groups is 1. The first-order valence-electron chi connectivity index (χ1n) is 10.0. The molecule has 3 N–H and O–H groups in total. The maximum atomic E-state index is 13.9. The van der Waals surface area contributed by atoms with E-state index in [0.717, 1.165) is 37.8 Å². The van der Waals surface area contributed by atoms with E-state index in [-0.39, 0.29) is 41.6 Å². The Balaban J connectivity index is 0.00000480. The predicted octanol–water partition coefficient (Wildman–Crippen LogP) is 1.91. The summed E-state index contributed by atoms with van der Waals surface area (Å²) in [5, 5.41) is 6.60. The minimum atomic E-state index is -3.29. The maximum absolute atomic E-state index is 13.9. The average molecular weight is 572 g/mol. The minimum Gasteiger partial charge on any atom is -0.494 e. The summed E-state index contributed by atoms with van der Waals surface area (Å²) in [4.78, 5) is 6.54. The van der Waals surface area contributed by atoms with Gasteiger partial charge in [0.1, 0.15) is 0 Å². The number of methoxy groups -OCH3 is 1. The van der Waals surface area contributed by atoms with Gasteiger partial charge in [0, 0.05) is 44.8 Å². The summed E-state index contributed by atoms with van der Waals surface area (Å²) in [7, 11) is -0.134. The van der Waals surface area contributed by atoms with Crippen LogP contribution in [-0.4, -0.2) is 70.9 Å². The van der Waals surface area contributed by atoms with E-state index in [4.69, 9.17) is 4.74 Å². The molecule has 0 bridgehead atoms. The quantitative estimate of drug-likeness (QED) is 0.251. The number of benzene rings is 1. The van der Waals surface area contributed by atoms with E-state index < -0.39 is 15.6 Å². The van der Waals surface area contributed by atoms with Gasteiger partial charge in [0.05, 0.1) is 13.4 Å². The largest absolute Gasteiger partial charge is 0.494 e. The van der Waals surface area contributed by atoms with Gasteiger partial charge in [0.2, 0.25) is 10.0 Å². The molecular weight excluding hydrogens is 536 g/mol. The Bertz CT molecular complexity index is 843. The van der Waals surface area contributed by atoms with Gasteiger partial charge in [-0.15, -0.1) is 24.0 Å². The third kappa shape index (κ3) is 9.87. The Hall–Kier alpha value is -1.18. The smallest absolute Gasteiger partial charge is 0.209 e. The van der Waals surface area contributed by atoms with Gasteiger partial charge in [0.25, 0.3) is 0 Å². The number of nitrogens with one attached hydrogen (secondary N) is 3. The lowest BCUT2D eigenvalue weighted by atomic mass is 10.0. The Morgan fingerprint density at radius 1 is 1.32 bits per heavy atom. The minimum absolute atomic E-state index is 0. The van der Waals surface area contributed by atoms with Crippen molar-refractivity contribution in [2.45, 2.75) is 44.8 Å². The van der Waals surface area contributed by atoms with Crippen LogP contribution in [0.4, 0.5) is 4.39 Å². The molecule has 31 heavy (non-hydrogen) atoms. The van der Waals surface area contributed by atoms with Crippen LogP contribution in [0.2, 0.25) is 0 Å². The third-order valence-corrected chi connectivity index (χ3v) is 5.86. The highest BCUT2D eigenvalue weighted by Gasteiger charge is 2.24. The van der Waals surface area contributed by atoms with Crippen molar-refractivity contribution in [3.05, 3.63) is 29.6 Å². The van der Waals surface area contributed by atoms with E-state index in [1.165, 1.54) is 13.2 Å². The summed E-state index contributed by atoms with van der Waals surface area (Å²) < 4.78 is 44.4. The second-order valence-electron chi connectivity index (χ2n) is 8.35. The summed E-state index contributed by atoms with van der Waals surface area (Å²) in [5.74, 6) is 0.569. The van der Waals surface area contributed by atoms with Crippen molar-refractivity contribution in [3.8, 4) is 5.75 Å². The topological polar surface area (TPSA) is 95.1 Å². The van der Waals surface area contributed by atoms with Crippen LogP contribution in [0.15, 0.2) is 23.2 Å². The normalized spacial score (nSPS) is 16.5. The number of nitrogens with zero attached hydrogens (tertiary/aromatic N) is 2. The van der Waals surface area contributed by atoms with Crippen molar-refractivity contribution in [2.75, 3.05) is 40.0 Å². The number of hydrogen-bond acceptors (Lipinski definition) is 5. The van der Waals surface area contributed by atoms with E-state index in [0.29, 0.717) is 19.0 Å². The van der Waals surface area contributed by atoms with Crippen molar-refractivity contribution in [1.29, 1.82) is 0 Å². The number of piperidine rings is 1. The molecule has 0 saturated carbocycles. The highest BCUT2D eigenvalue weighted by Crippen LogP contribution is 2.20. The number of ether oxygens (including phenoxy) is 1. The van der Waals surface area contributed by atoms with Crippen LogP contribution < -0.4 is 20.1 Å². The Labute approximate surface area is 202 Å². The van der Waals surface area contributed by atoms with Crippen molar-refractivity contribution in [3.63, 3.8) is 0 Å². The SMILES string of the molecule is CN=C(NCC(C)(C)NS(C)(=O)=O)NC1CCN(Cc2ccc(OC)c(F)c2)CC1.I. The van der Waals surface area contributed by atoms with E-state index >= 15 is 0 Å². The monoisotopic (exact) mass is 571 g/mol. The third-order valence-electron chi connectivity index (χ3n) is 4.93. The molecule has 0 spiro atoms. The molecule has 1 aliphatic rings. The molecule has 1 aromatic carbocycles.